The van der Waals surface area contributed by atoms with Crippen LogP contribution in [0.2, 0.25) is 0 Å². The third-order valence-electron chi connectivity index (χ3n) is 4.16. The van der Waals surface area contributed by atoms with Gasteiger partial charge in [-0.3, -0.25) is 0 Å². The Kier molecular flexibility index (Phi) is 5.63. The molecule has 2 atom stereocenters. The summed E-state index contributed by atoms with van der Waals surface area (Å²) in [5, 5.41) is 3.32. The van der Waals surface area contributed by atoms with Crippen LogP contribution in [0.25, 0.3) is 0 Å². The van der Waals surface area contributed by atoms with Crippen LogP contribution >= 0.6 is 0 Å². The number of likely N-dealkylation sites (tertiary alicyclic amines) is 1. The highest BCUT2D eigenvalue weighted by Crippen LogP contribution is 2.24. The van der Waals surface area contributed by atoms with Crippen LogP contribution in [-0.4, -0.2) is 42.8 Å². The average Bonchev–Trinajstić information content (AvgIpc) is 2.93. The number of likely N-dealkylation sites (N-methyl/N-ethyl adjacent to an activating group) is 1. The Balaban J connectivity index is 1.94. The molecule has 2 unspecified atom stereocenters. The van der Waals surface area contributed by atoms with E-state index in [2.05, 4.69) is 5.32 Å². The smallest absolute Gasteiger partial charge is 0.410 e. The largest absolute Gasteiger partial charge is 0.444 e. The summed E-state index contributed by atoms with van der Waals surface area (Å²) in [5.41, 5.74) is 0.499. The molecule has 0 aliphatic carbocycles. The van der Waals surface area contributed by atoms with Crippen LogP contribution in [0.4, 0.5) is 9.18 Å². The van der Waals surface area contributed by atoms with Crippen LogP contribution in [0.5, 0.6) is 0 Å². The summed E-state index contributed by atoms with van der Waals surface area (Å²) in [6.45, 7) is 7.01. The minimum absolute atomic E-state index is 0.209. The first-order valence-electron chi connectivity index (χ1n) is 8.18. The van der Waals surface area contributed by atoms with E-state index in [1.807, 2.05) is 33.9 Å². The fourth-order valence-corrected chi connectivity index (χ4v) is 3.03. The minimum Gasteiger partial charge on any atom is -0.444 e. The van der Waals surface area contributed by atoms with Crippen molar-refractivity contribution >= 4 is 6.09 Å². The number of nitrogens with zero attached hydrogens (tertiary/aromatic N) is 1. The van der Waals surface area contributed by atoms with Crippen molar-refractivity contribution in [3.05, 3.63) is 35.6 Å². The molecule has 23 heavy (non-hydrogen) atoms. The number of ether oxygens (including phenoxy) is 1. The lowest BCUT2D eigenvalue weighted by Crippen LogP contribution is -2.39. The van der Waals surface area contributed by atoms with Gasteiger partial charge >= 0.3 is 6.09 Å². The average molecular weight is 322 g/mol. The molecule has 0 spiro atoms. The van der Waals surface area contributed by atoms with Crippen LogP contribution in [0.1, 0.15) is 32.8 Å². The van der Waals surface area contributed by atoms with Gasteiger partial charge in [0.05, 0.1) is 0 Å². The number of rotatable bonds is 4. The van der Waals surface area contributed by atoms with Crippen molar-refractivity contribution in [1.29, 1.82) is 0 Å². The summed E-state index contributed by atoms with van der Waals surface area (Å²) in [5.74, 6) is 0.134. The van der Waals surface area contributed by atoms with E-state index in [4.69, 9.17) is 4.74 Å². The van der Waals surface area contributed by atoms with Crippen molar-refractivity contribution in [2.75, 3.05) is 20.1 Å². The van der Waals surface area contributed by atoms with E-state index in [1.165, 1.54) is 6.07 Å². The molecule has 1 heterocycles. The van der Waals surface area contributed by atoms with Crippen LogP contribution in [0, 0.1) is 11.7 Å². The molecule has 2 rings (SSSR count). The Morgan fingerprint density at radius 1 is 1.48 bits per heavy atom. The van der Waals surface area contributed by atoms with Gasteiger partial charge in [0.2, 0.25) is 0 Å². The number of benzene rings is 1. The molecule has 1 N–H and O–H groups in total. The molecule has 1 amide bonds. The molecule has 1 saturated heterocycles. The molecule has 1 aromatic carbocycles. The Morgan fingerprint density at radius 3 is 2.83 bits per heavy atom. The fraction of sp³-hybridized carbons (Fsp3) is 0.611. The SMILES string of the molecule is CNC(Cc1cccc(F)c1)C1CCN(C(=O)OC(C)(C)C)C1. The van der Waals surface area contributed by atoms with Gasteiger partial charge in [-0.1, -0.05) is 12.1 Å². The Labute approximate surface area is 138 Å². The van der Waals surface area contributed by atoms with Gasteiger partial charge in [-0.2, -0.15) is 0 Å². The molecule has 5 heteroatoms. The van der Waals surface area contributed by atoms with E-state index in [1.54, 1.807) is 17.0 Å². The van der Waals surface area contributed by atoms with Crippen LogP contribution < -0.4 is 5.32 Å². The maximum Gasteiger partial charge on any atom is 0.410 e. The molecule has 0 saturated carbocycles. The van der Waals surface area contributed by atoms with Gasteiger partial charge in [0.15, 0.2) is 0 Å². The molecule has 1 aromatic rings. The highest BCUT2D eigenvalue weighted by atomic mass is 19.1. The summed E-state index contributed by atoms with van der Waals surface area (Å²) in [4.78, 5) is 13.9. The molecule has 0 aromatic heterocycles. The number of carbonyl (C=O) groups excluding carboxylic acids is 1. The van der Waals surface area contributed by atoms with Crippen molar-refractivity contribution in [3.8, 4) is 0 Å². The van der Waals surface area contributed by atoms with E-state index >= 15 is 0 Å². The number of carbonyl (C=O) groups is 1. The minimum atomic E-state index is -0.473. The van der Waals surface area contributed by atoms with Gasteiger partial charge in [-0.25, -0.2) is 9.18 Å². The van der Waals surface area contributed by atoms with Gasteiger partial charge < -0.3 is 15.0 Å². The first-order valence-corrected chi connectivity index (χ1v) is 8.18. The molecule has 0 bridgehead atoms. The van der Waals surface area contributed by atoms with Crippen molar-refractivity contribution in [3.63, 3.8) is 0 Å². The summed E-state index contributed by atoms with van der Waals surface area (Å²) in [6.07, 6.45) is 1.43. The Morgan fingerprint density at radius 2 is 2.22 bits per heavy atom. The summed E-state index contributed by atoms with van der Waals surface area (Å²) >= 11 is 0. The highest BCUT2D eigenvalue weighted by molar-refractivity contribution is 5.68. The molecule has 0 radical (unpaired) electrons. The van der Waals surface area contributed by atoms with Crippen molar-refractivity contribution in [2.45, 2.75) is 45.3 Å². The predicted octanol–water partition coefficient (Wildman–Crippen LogP) is 3.21. The van der Waals surface area contributed by atoms with E-state index in [9.17, 15) is 9.18 Å². The van der Waals surface area contributed by atoms with Gasteiger partial charge in [-0.15, -0.1) is 0 Å². The number of nitrogens with one attached hydrogen (secondary N) is 1. The standard InChI is InChI=1S/C18H27FN2O2/c1-18(2,3)23-17(22)21-9-8-14(12-21)16(20-4)11-13-6-5-7-15(19)10-13/h5-7,10,14,16,20H,8-9,11-12H2,1-4H3. The van der Waals surface area contributed by atoms with Crippen LogP contribution in [0.15, 0.2) is 24.3 Å². The predicted molar refractivity (Wildman–Crippen MR) is 88.9 cm³/mol. The Bertz CT molecular complexity index is 542. The summed E-state index contributed by atoms with van der Waals surface area (Å²) < 4.78 is 18.8. The zero-order chi connectivity index (χ0) is 17.0. The number of amides is 1. The highest BCUT2D eigenvalue weighted by Gasteiger charge is 2.33. The van der Waals surface area contributed by atoms with Crippen LogP contribution in [-0.2, 0) is 11.2 Å². The van der Waals surface area contributed by atoms with Gasteiger partial charge in [0.25, 0.3) is 0 Å². The lowest BCUT2D eigenvalue weighted by Gasteiger charge is -2.26. The monoisotopic (exact) mass is 322 g/mol. The zero-order valence-corrected chi connectivity index (χ0v) is 14.4. The second-order valence-corrected chi connectivity index (χ2v) is 7.20. The molecule has 1 aliphatic heterocycles. The van der Waals surface area contributed by atoms with Crippen molar-refractivity contribution in [1.82, 2.24) is 10.2 Å². The topological polar surface area (TPSA) is 41.6 Å². The summed E-state index contributed by atoms with van der Waals surface area (Å²) in [7, 11) is 1.92. The quantitative estimate of drug-likeness (QED) is 0.925. The maximum absolute atomic E-state index is 13.3. The molecule has 128 valence electrons. The first-order chi connectivity index (χ1) is 10.8. The molecular weight excluding hydrogens is 295 g/mol. The maximum atomic E-state index is 13.3. The lowest BCUT2D eigenvalue weighted by molar-refractivity contribution is 0.0285. The zero-order valence-electron chi connectivity index (χ0n) is 14.4. The van der Waals surface area contributed by atoms with E-state index < -0.39 is 5.60 Å². The van der Waals surface area contributed by atoms with Crippen LogP contribution in [0.3, 0.4) is 0 Å². The lowest BCUT2D eigenvalue weighted by atomic mass is 9.93. The fourth-order valence-electron chi connectivity index (χ4n) is 3.03. The molecular formula is C18H27FN2O2. The third kappa shape index (κ3) is 5.20. The van der Waals surface area contributed by atoms with Crippen molar-refractivity contribution in [2.24, 2.45) is 5.92 Å². The first kappa shape index (κ1) is 17.7. The van der Waals surface area contributed by atoms with Gasteiger partial charge in [0, 0.05) is 19.1 Å². The van der Waals surface area contributed by atoms with E-state index in [0.29, 0.717) is 19.0 Å². The molecule has 1 aliphatic rings. The molecule has 4 nitrogen and oxygen atoms in total. The molecule has 1 fully saturated rings. The van der Waals surface area contributed by atoms with Gasteiger partial charge in [-0.05, 0) is 64.3 Å². The second kappa shape index (κ2) is 7.30. The van der Waals surface area contributed by atoms with Gasteiger partial charge in [0.1, 0.15) is 11.4 Å². The van der Waals surface area contributed by atoms with E-state index in [-0.39, 0.29) is 18.0 Å². The van der Waals surface area contributed by atoms with Crippen molar-refractivity contribution < 1.29 is 13.9 Å². The van der Waals surface area contributed by atoms with E-state index in [0.717, 1.165) is 18.4 Å². The third-order valence-corrected chi connectivity index (χ3v) is 4.16. The number of halogens is 1. The Hall–Kier alpha value is -1.62. The number of hydrogen-bond donors (Lipinski definition) is 1. The number of hydrogen-bond acceptors (Lipinski definition) is 3. The second-order valence-electron chi connectivity index (χ2n) is 7.20. The normalized spacial score (nSPS) is 19.7. The summed E-state index contributed by atoms with van der Waals surface area (Å²) in [6, 6.07) is 6.92.